The van der Waals surface area contributed by atoms with E-state index in [4.69, 9.17) is 16.7 Å². The summed E-state index contributed by atoms with van der Waals surface area (Å²) in [7, 11) is 0. The van der Waals surface area contributed by atoms with Crippen molar-refractivity contribution in [3.63, 3.8) is 0 Å². The number of aromatic carboxylic acids is 1. The van der Waals surface area contributed by atoms with E-state index in [1.54, 1.807) is 6.92 Å². The highest BCUT2D eigenvalue weighted by molar-refractivity contribution is 6.33. The number of anilines is 1. The first kappa shape index (κ1) is 14.9. The minimum atomic E-state index is -1.17. The fraction of sp³-hybridized carbons (Fsp3) is 0.0667. The highest BCUT2D eigenvalue weighted by Gasteiger charge is 2.13. The third-order valence-corrected chi connectivity index (χ3v) is 3.24. The number of aryl methyl sites for hydroxylation is 1. The Kier molecular flexibility index (Phi) is 4.14. The molecule has 0 fully saturated rings. The molecule has 0 aromatic heterocycles. The summed E-state index contributed by atoms with van der Waals surface area (Å²) in [5.74, 6) is -1.49. The van der Waals surface area contributed by atoms with Gasteiger partial charge in [0.15, 0.2) is 0 Å². The van der Waals surface area contributed by atoms with E-state index in [0.717, 1.165) is 0 Å². The van der Waals surface area contributed by atoms with Crippen LogP contribution in [0.1, 0.15) is 26.3 Å². The van der Waals surface area contributed by atoms with E-state index in [1.807, 2.05) is 0 Å². The molecular weight excluding hydrogens is 294 g/mol. The molecule has 0 saturated carbocycles. The molecule has 6 heteroatoms. The lowest BCUT2D eigenvalue weighted by molar-refractivity contribution is 0.0696. The van der Waals surface area contributed by atoms with Gasteiger partial charge in [0.25, 0.3) is 5.91 Å². The van der Waals surface area contributed by atoms with Crippen LogP contribution >= 0.6 is 11.6 Å². The molecule has 0 unspecified atom stereocenters. The number of halogens is 1. The number of aromatic hydroxyl groups is 1. The van der Waals surface area contributed by atoms with Gasteiger partial charge in [0, 0.05) is 11.3 Å². The lowest BCUT2D eigenvalue weighted by atomic mass is 10.1. The zero-order chi connectivity index (χ0) is 15.6. The molecule has 2 aromatic carbocycles. The van der Waals surface area contributed by atoms with Crippen LogP contribution in [-0.2, 0) is 0 Å². The first-order chi connectivity index (χ1) is 9.88. The number of benzene rings is 2. The van der Waals surface area contributed by atoms with Crippen molar-refractivity contribution >= 4 is 29.2 Å². The maximum atomic E-state index is 12.1. The largest absolute Gasteiger partial charge is 0.508 e. The summed E-state index contributed by atoms with van der Waals surface area (Å²) in [6.07, 6.45) is 0. The summed E-state index contributed by atoms with van der Waals surface area (Å²) in [6, 6.07) is 8.59. The van der Waals surface area contributed by atoms with Crippen molar-refractivity contribution < 1.29 is 19.8 Å². The van der Waals surface area contributed by atoms with Crippen LogP contribution in [-0.4, -0.2) is 22.1 Å². The van der Waals surface area contributed by atoms with Gasteiger partial charge in [-0.3, -0.25) is 4.79 Å². The Labute approximate surface area is 125 Å². The molecule has 0 saturated heterocycles. The average Bonchev–Trinajstić information content (AvgIpc) is 2.40. The standard InChI is InChI=1S/C15H12ClNO4/c1-8-6-10(18)3-4-11(8)14(19)17-9-2-5-13(16)12(7-9)15(20)21/h2-7,18H,1H3,(H,17,19)(H,20,21). The second-order valence-corrected chi connectivity index (χ2v) is 4.86. The van der Waals surface area contributed by atoms with Gasteiger partial charge in [-0.25, -0.2) is 4.79 Å². The number of nitrogens with one attached hydrogen (secondary N) is 1. The van der Waals surface area contributed by atoms with Crippen LogP contribution in [0.25, 0.3) is 0 Å². The predicted molar refractivity (Wildman–Crippen MR) is 79.2 cm³/mol. The lowest BCUT2D eigenvalue weighted by Gasteiger charge is -2.09. The fourth-order valence-corrected chi connectivity index (χ4v) is 2.07. The molecule has 21 heavy (non-hydrogen) atoms. The van der Waals surface area contributed by atoms with Gasteiger partial charge in [0.2, 0.25) is 0 Å². The van der Waals surface area contributed by atoms with Crippen LogP contribution in [0.3, 0.4) is 0 Å². The Bertz CT molecular complexity index is 728. The van der Waals surface area contributed by atoms with Crippen LogP contribution in [0.2, 0.25) is 5.02 Å². The topological polar surface area (TPSA) is 86.6 Å². The second kappa shape index (κ2) is 5.85. The molecule has 5 nitrogen and oxygen atoms in total. The highest BCUT2D eigenvalue weighted by atomic mass is 35.5. The smallest absolute Gasteiger partial charge is 0.337 e. The van der Waals surface area contributed by atoms with Gasteiger partial charge in [-0.1, -0.05) is 11.6 Å². The van der Waals surface area contributed by atoms with Crippen molar-refractivity contribution in [2.75, 3.05) is 5.32 Å². The molecule has 0 spiro atoms. The number of hydrogen-bond donors (Lipinski definition) is 3. The molecular formula is C15H12ClNO4. The van der Waals surface area contributed by atoms with Gasteiger partial charge in [-0.05, 0) is 48.9 Å². The van der Waals surface area contributed by atoms with E-state index in [0.29, 0.717) is 16.8 Å². The van der Waals surface area contributed by atoms with Crippen LogP contribution in [0, 0.1) is 6.92 Å². The van der Waals surface area contributed by atoms with Crippen molar-refractivity contribution in [2.24, 2.45) is 0 Å². The van der Waals surface area contributed by atoms with Crippen molar-refractivity contribution in [3.05, 3.63) is 58.1 Å². The molecule has 0 aliphatic carbocycles. The van der Waals surface area contributed by atoms with Gasteiger partial charge >= 0.3 is 5.97 Å². The summed E-state index contributed by atoms with van der Waals surface area (Å²) >= 11 is 5.77. The molecule has 0 radical (unpaired) electrons. The van der Waals surface area contributed by atoms with Crippen molar-refractivity contribution in [1.82, 2.24) is 0 Å². The third-order valence-electron chi connectivity index (χ3n) is 2.91. The van der Waals surface area contributed by atoms with E-state index in [9.17, 15) is 14.7 Å². The van der Waals surface area contributed by atoms with E-state index in [1.165, 1.54) is 36.4 Å². The summed E-state index contributed by atoms with van der Waals surface area (Å²) in [6.45, 7) is 1.69. The number of hydrogen-bond acceptors (Lipinski definition) is 3. The molecule has 0 bridgehead atoms. The lowest BCUT2D eigenvalue weighted by Crippen LogP contribution is -2.13. The quantitative estimate of drug-likeness (QED) is 0.812. The van der Waals surface area contributed by atoms with Crippen molar-refractivity contribution in [3.8, 4) is 5.75 Å². The van der Waals surface area contributed by atoms with Crippen molar-refractivity contribution in [1.29, 1.82) is 0 Å². The van der Waals surface area contributed by atoms with Crippen LogP contribution in [0.4, 0.5) is 5.69 Å². The molecule has 0 atom stereocenters. The number of phenols is 1. The SMILES string of the molecule is Cc1cc(O)ccc1C(=O)Nc1ccc(Cl)c(C(=O)O)c1. The van der Waals surface area contributed by atoms with Crippen molar-refractivity contribution in [2.45, 2.75) is 6.92 Å². The molecule has 2 rings (SSSR count). The first-order valence-corrected chi connectivity index (χ1v) is 6.40. The van der Waals surface area contributed by atoms with E-state index in [-0.39, 0.29) is 16.3 Å². The average molecular weight is 306 g/mol. The minimum absolute atomic E-state index is 0.0729. The maximum absolute atomic E-state index is 12.1. The Balaban J connectivity index is 2.27. The summed E-state index contributed by atoms with van der Waals surface area (Å²) in [4.78, 5) is 23.1. The number of rotatable bonds is 3. The molecule has 0 heterocycles. The van der Waals surface area contributed by atoms with Gasteiger partial charge in [0.05, 0.1) is 10.6 Å². The van der Waals surface area contributed by atoms with Crippen LogP contribution in [0.5, 0.6) is 5.75 Å². The summed E-state index contributed by atoms with van der Waals surface area (Å²) in [5.41, 5.74) is 1.24. The van der Waals surface area contributed by atoms with Crippen LogP contribution < -0.4 is 5.32 Å². The highest BCUT2D eigenvalue weighted by Crippen LogP contribution is 2.22. The fourth-order valence-electron chi connectivity index (χ4n) is 1.87. The van der Waals surface area contributed by atoms with E-state index >= 15 is 0 Å². The molecule has 0 aliphatic rings. The van der Waals surface area contributed by atoms with E-state index < -0.39 is 11.9 Å². The van der Waals surface area contributed by atoms with Gasteiger partial charge < -0.3 is 15.5 Å². The van der Waals surface area contributed by atoms with Gasteiger partial charge in [-0.15, -0.1) is 0 Å². The van der Waals surface area contributed by atoms with Gasteiger partial charge in [0.1, 0.15) is 5.75 Å². The summed E-state index contributed by atoms with van der Waals surface area (Å²) in [5, 5.41) is 21.0. The molecule has 0 aliphatic heterocycles. The molecule has 3 N–H and O–H groups in total. The first-order valence-electron chi connectivity index (χ1n) is 6.02. The normalized spacial score (nSPS) is 10.2. The maximum Gasteiger partial charge on any atom is 0.337 e. The molecule has 108 valence electrons. The third kappa shape index (κ3) is 3.32. The number of carbonyl (C=O) groups is 2. The molecule has 2 aromatic rings. The van der Waals surface area contributed by atoms with E-state index in [2.05, 4.69) is 5.32 Å². The Morgan fingerprint density at radius 3 is 2.43 bits per heavy atom. The number of carbonyl (C=O) groups excluding carboxylic acids is 1. The molecule has 1 amide bonds. The Morgan fingerprint density at radius 2 is 1.81 bits per heavy atom. The Morgan fingerprint density at radius 1 is 1.10 bits per heavy atom. The number of carboxylic acids is 1. The summed E-state index contributed by atoms with van der Waals surface area (Å²) < 4.78 is 0. The second-order valence-electron chi connectivity index (χ2n) is 4.45. The monoisotopic (exact) mass is 305 g/mol. The number of amides is 1. The van der Waals surface area contributed by atoms with Crippen LogP contribution in [0.15, 0.2) is 36.4 Å². The predicted octanol–water partition coefficient (Wildman–Crippen LogP) is 3.30. The zero-order valence-corrected chi connectivity index (χ0v) is 11.8. The van der Waals surface area contributed by atoms with Gasteiger partial charge in [-0.2, -0.15) is 0 Å². The Hall–Kier alpha value is -2.53. The number of phenolic OH excluding ortho intramolecular Hbond substituents is 1. The minimum Gasteiger partial charge on any atom is -0.508 e. The zero-order valence-electron chi connectivity index (χ0n) is 11.1. The number of carboxylic acid groups (broad SMARTS) is 1.